The molecule has 1 saturated heterocycles. The summed E-state index contributed by atoms with van der Waals surface area (Å²) >= 11 is 5.95. The second-order valence-electron chi connectivity index (χ2n) is 9.29. The van der Waals surface area contributed by atoms with Gasteiger partial charge in [0.05, 0.1) is 11.5 Å². The Bertz CT molecular complexity index is 1080. The van der Waals surface area contributed by atoms with Crippen molar-refractivity contribution in [1.29, 1.82) is 0 Å². The number of piperidine rings is 1. The Morgan fingerprint density at radius 3 is 2.06 bits per heavy atom. The lowest BCUT2D eigenvalue weighted by Crippen LogP contribution is -2.60. The van der Waals surface area contributed by atoms with Crippen LogP contribution in [-0.4, -0.2) is 59.3 Å². The molecule has 0 unspecified atom stereocenters. The van der Waals surface area contributed by atoms with Gasteiger partial charge >= 0.3 is 12.1 Å². The summed E-state index contributed by atoms with van der Waals surface area (Å²) in [4.78, 5) is 52.7. The van der Waals surface area contributed by atoms with Gasteiger partial charge in [0.1, 0.15) is 0 Å². The van der Waals surface area contributed by atoms with Gasteiger partial charge in [-0.2, -0.15) is 0 Å². The molecular formula is C26H30ClN3O6. The smallest absolute Gasteiger partial charge is 0.428 e. The van der Waals surface area contributed by atoms with Gasteiger partial charge in [-0.15, -0.1) is 5.01 Å². The highest BCUT2D eigenvalue weighted by Gasteiger charge is 2.41. The molecule has 0 spiro atoms. The molecule has 9 nitrogen and oxygen atoms in total. The van der Waals surface area contributed by atoms with Crippen LogP contribution < -0.4 is 5.32 Å². The van der Waals surface area contributed by atoms with Crippen LogP contribution in [0.2, 0.25) is 5.02 Å². The number of amides is 3. The number of hydrogen-bond acceptors (Lipinski definition) is 7. The van der Waals surface area contributed by atoms with Gasteiger partial charge in [-0.05, 0) is 83.1 Å². The Kier molecular flexibility index (Phi) is 9.06. The van der Waals surface area contributed by atoms with Crippen LogP contribution in [0.25, 0.3) is 0 Å². The normalized spacial score (nSPS) is 14.0. The van der Waals surface area contributed by atoms with Crippen LogP contribution in [0, 0.1) is 5.92 Å². The molecule has 1 aliphatic heterocycles. The monoisotopic (exact) mass is 515 g/mol. The zero-order valence-corrected chi connectivity index (χ0v) is 21.3. The van der Waals surface area contributed by atoms with Gasteiger partial charge in [0, 0.05) is 16.1 Å². The molecule has 3 rings (SSSR count). The summed E-state index contributed by atoms with van der Waals surface area (Å²) in [7, 11) is 0. The second kappa shape index (κ2) is 12.0. The molecule has 2 aromatic rings. The second-order valence-corrected chi connectivity index (χ2v) is 9.73. The van der Waals surface area contributed by atoms with Crippen molar-refractivity contribution in [1.82, 2.24) is 15.3 Å². The largest absolute Gasteiger partial charge is 0.439 e. The predicted molar refractivity (Wildman–Crippen MR) is 133 cm³/mol. The molecule has 0 atom stereocenters. The number of rotatable bonds is 5. The van der Waals surface area contributed by atoms with Gasteiger partial charge in [-0.25, -0.2) is 9.80 Å². The van der Waals surface area contributed by atoms with Crippen molar-refractivity contribution < 1.29 is 28.7 Å². The topological polar surface area (TPSA) is 105 Å². The summed E-state index contributed by atoms with van der Waals surface area (Å²) in [5, 5.41) is 5.23. The zero-order valence-electron chi connectivity index (χ0n) is 20.5. The molecule has 0 radical (unpaired) electrons. The van der Waals surface area contributed by atoms with Crippen LogP contribution in [0.5, 0.6) is 0 Å². The van der Waals surface area contributed by atoms with Gasteiger partial charge in [-0.1, -0.05) is 29.8 Å². The van der Waals surface area contributed by atoms with E-state index in [4.69, 9.17) is 21.1 Å². The number of nitrogens with zero attached hydrogens (tertiary/aromatic N) is 2. The summed E-state index contributed by atoms with van der Waals surface area (Å²) in [6.45, 7) is 5.75. The fourth-order valence-electron chi connectivity index (χ4n) is 3.74. The predicted octanol–water partition coefficient (Wildman–Crippen LogP) is 4.28. The van der Waals surface area contributed by atoms with Crippen LogP contribution >= 0.6 is 11.6 Å². The fraction of sp³-hybridized carbons (Fsp3) is 0.385. The number of benzene rings is 2. The first-order valence-corrected chi connectivity index (χ1v) is 12.0. The maximum atomic E-state index is 13.5. The lowest BCUT2D eigenvalue weighted by Gasteiger charge is -2.41. The van der Waals surface area contributed by atoms with Gasteiger partial charge in [-0.3, -0.25) is 14.4 Å². The van der Waals surface area contributed by atoms with Crippen LogP contribution in [-0.2, 0) is 14.3 Å². The Balaban J connectivity index is 1.87. The average molecular weight is 516 g/mol. The SMILES string of the molecule is CC(C)(C)N(C(=O)c1ccccc1)N(C(=O)OCOC(=O)C1CCNCC1)C(=O)c1ccc(Cl)cc1. The van der Waals surface area contributed by atoms with E-state index >= 15 is 0 Å². The number of ether oxygens (including phenoxy) is 2. The van der Waals surface area contributed by atoms with E-state index in [1.807, 2.05) is 0 Å². The van der Waals surface area contributed by atoms with Crippen LogP contribution in [0.3, 0.4) is 0 Å². The molecule has 1 N–H and O–H groups in total. The van der Waals surface area contributed by atoms with E-state index < -0.39 is 36.2 Å². The Morgan fingerprint density at radius 1 is 0.889 bits per heavy atom. The molecule has 1 heterocycles. The summed E-state index contributed by atoms with van der Waals surface area (Å²) in [5.74, 6) is -2.16. The summed E-state index contributed by atoms with van der Waals surface area (Å²) < 4.78 is 10.3. The van der Waals surface area contributed by atoms with Crippen molar-refractivity contribution in [2.24, 2.45) is 5.92 Å². The first kappa shape index (κ1) is 27.2. The molecule has 0 aliphatic carbocycles. The van der Waals surface area contributed by atoms with Crippen LogP contribution in [0.1, 0.15) is 54.3 Å². The standard InChI is InChI=1S/C26H30ClN3O6/c1-26(2,3)30(23(32)18-7-5-4-6-8-18)29(22(31)19-9-11-21(27)12-10-19)25(34)36-17-35-24(33)20-13-15-28-16-14-20/h4-12,20,28H,13-17H2,1-3H3. The molecule has 0 saturated carbocycles. The lowest BCUT2D eigenvalue weighted by molar-refractivity contribution is -0.159. The Labute approximate surface area is 215 Å². The molecule has 10 heteroatoms. The maximum Gasteiger partial charge on any atom is 0.439 e. The maximum absolute atomic E-state index is 13.5. The highest BCUT2D eigenvalue weighted by Crippen LogP contribution is 2.24. The van der Waals surface area contributed by atoms with Crippen molar-refractivity contribution in [3.63, 3.8) is 0 Å². The van der Waals surface area contributed by atoms with E-state index in [2.05, 4.69) is 5.32 Å². The van der Waals surface area contributed by atoms with Crippen LogP contribution in [0.4, 0.5) is 4.79 Å². The number of carbonyl (C=O) groups is 4. The van der Waals surface area contributed by atoms with E-state index in [1.54, 1.807) is 51.1 Å². The molecule has 0 bridgehead atoms. The highest BCUT2D eigenvalue weighted by atomic mass is 35.5. The number of halogens is 1. The van der Waals surface area contributed by atoms with Gasteiger partial charge in [0.2, 0.25) is 6.79 Å². The third-order valence-electron chi connectivity index (χ3n) is 5.56. The van der Waals surface area contributed by atoms with E-state index in [9.17, 15) is 19.2 Å². The summed E-state index contributed by atoms with van der Waals surface area (Å²) in [6, 6.07) is 14.1. The lowest BCUT2D eigenvalue weighted by atomic mass is 9.99. The minimum absolute atomic E-state index is 0.109. The van der Waals surface area contributed by atoms with Gasteiger partial charge in [0.25, 0.3) is 11.8 Å². The van der Waals surface area contributed by atoms with Gasteiger partial charge in [0.15, 0.2) is 0 Å². The number of carbonyl (C=O) groups excluding carboxylic acids is 4. The molecule has 2 aromatic carbocycles. The highest BCUT2D eigenvalue weighted by molar-refractivity contribution is 6.30. The minimum atomic E-state index is -1.16. The molecular weight excluding hydrogens is 486 g/mol. The van der Waals surface area contributed by atoms with Crippen LogP contribution in [0.15, 0.2) is 54.6 Å². The Morgan fingerprint density at radius 2 is 1.47 bits per heavy atom. The molecule has 36 heavy (non-hydrogen) atoms. The van der Waals surface area contributed by atoms with Crippen molar-refractivity contribution in [3.8, 4) is 0 Å². The first-order valence-electron chi connectivity index (χ1n) is 11.6. The zero-order chi connectivity index (χ0) is 26.3. The van der Waals surface area contributed by atoms with E-state index in [-0.39, 0.29) is 17.0 Å². The number of hydrazine groups is 1. The molecule has 3 amide bonds. The average Bonchev–Trinajstić information content (AvgIpc) is 2.87. The number of imide groups is 1. The van der Waals surface area contributed by atoms with Crippen molar-refractivity contribution >= 4 is 35.5 Å². The molecule has 0 aromatic heterocycles. The molecule has 1 aliphatic rings. The molecule has 192 valence electrons. The van der Waals surface area contributed by atoms with Crippen molar-refractivity contribution in [2.45, 2.75) is 39.2 Å². The third kappa shape index (κ3) is 6.83. The molecule has 1 fully saturated rings. The quantitative estimate of drug-likeness (QED) is 0.360. The van der Waals surface area contributed by atoms with E-state index in [0.29, 0.717) is 36.0 Å². The summed E-state index contributed by atoms with van der Waals surface area (Å²) in [5.41, 5.74) is -0.635. The minimum Gasteiger partial charge on any atom is -0.428 e. The fourth-order valence-corrected chi connectivity index (χ4v) is 3.87. The van der Waals surface area contributed by atoms with Crippen molar-refractivity contribution in [2.75, 3.05) is 19.9 Å². The Hall–Kier alpha value is -3.43. The first-order chi connectivity index (χ1) is 17.1. The number of esters is 1. The number of hydrogen-bond donors (Lipinski definition) is 1. The third-order valence-corrected chi connectivity index (χ3v) is 5.81. The summed E-state index contributed by atoms with van der Waals surface area (Å²) in [6.07, 6.45) is 0.0848. The van der Waals surface area contributed by atoms with Gasteiger partial charge < -0.3 is 14.8 Å². The van der Waals surface area contributed by atoms with E-state index in [1.165, 1.54) is 24.3 Å². The van der Waals surface area contributed by atoms with Crippen molar-refractivity contribution in [3.05, 3.63) is 70.7 Å². The number of nitrogens with one attached hydrogen (secondary N) is 1. The van der Waals surface area contributed by atoms with E-state index in [0.717, 1.165) is 5.01 Å².